The molecule has 0 saturated carbocycles. The zero-order chi connectivity index (χ0) is 12.0. The van der Waals surface area contributed by atoms with Crippen LogP contribution in [-0.2, 0) is 0 Å². The van der Waals surface area contributed by atoms with Crippen LogP contribution in [0.1, 0.15) is 37.8 Å². The first kappa shape index (κ1) is 12.4. The highest BCUT2D eigenvalue weighted by Crippen LogP contribution is 2.23. The molecule has 1 aromatic rings. The van der Waals surface area contributed by atoms with E-state index in [1.165, 1.54) is 5.57 Å². The van der Waals surface area contributed by atoms with Gasteiger partial charge in [0.1, 0.15) is 0 Å². The molecular formula is C15H19N. The molecule has 0 unspecified atom stereocenters. The summed E-state index contributed by atoms with van der Waals surface area (Å²) in [5, 5.41) is 0. The summed E-state index contributed by atoms with van der Waals surface area (Å²) in [5.41, 5.74) is 4.56. The van der Waals surface area contributed by atoms with Crippen molar-refractivity contribution in [3.63, 3.8) is 0 Å². The van der Waals surface area contributed by atoms with Crippen molar-refractivity contribution < 1.29 is 0 Å². The van der Waals surface area contributed by atoms with Crippen LogP contribution >= 0.6 is 0 Å². The van der Waals surface area contributed by atoms with Gasteiger partial charge in [-0.2, -0.15) is 0 Å². The van der Waals surface area contributed by atoms with E-state index in [1.807, 2.05) is 18.2 Å². The molecule has 16 heavy (non-hydrogen) atoms. The zero-order valence-electron chi connectivity index (χ0n) is 10.2. The second-order valence-corrected chi connectivity index (χ2v) is 3.86. The predicted molar refractivity (Wildman–Crippen MR) is 73.6 cm³/mol. The van der Waals surface area contributed by atoms with E-state index >= 15 is 0 Å². The molecule has 0 saturated heterocycles. The molecule has 0 spiro atoms. The first-order chi connectivity index (χ1) is 7.72. The van der Waals surface area contributed by atoms with Crippen molar-refractivity contribution in [2.75, 3.05) is 0 Å². The number of hydrogen-bond acceptors (Lipinski definition) is 1. The summed E-state index contributed by atoms with van der Waals surface area (Å²) in [6, 6.07) is 8.24. The van der Waals surface area contributed by atoms with Gasteiger partial charge >= 0.3 is 0 Å². The maximum absolute atomic E-state index is 4.14. The van der Waals surface area contributed by atoms with Crippen molar-refractivity contribution in [2.45, 2.75) is 26.7 Å². The van der Waals surface area contributed by atoms with Crippen LogP contribution in [0.4, 0.5) is 0 Å². The number of aliphatic imine (C=N–C) groups is 1. The van der Waals surface area contributed by atoms with Crippen LogP contribution in [0.5, 0.6) is 0 Å². The van der Waals surface area contributed by atoms with Gasteiger partial charge in [-0.1, -0.05) is 50.3 Å². The second kappa shape index (κ2) is 6.06. The minimum Gasteiger partial charge on any atom is -0.264 e. The molecule has 0 atom stereocenters. The van der Waals surface area contributed by atoms with Gasteiger partial charge in [0.25, 0.3) is 0 Å². The molecule has 0 aliphatic heterocycles. The number of benzene rings is 1. The topological polar surface area (TPSA) is 12.4 Å². The molecule has 1 heteroatoms. The third kappa shape index (κ3) is 2.93. The zero-order valence-corrected chi connectivity index (χ0v) is 10.2. The van der Waals surface area contributed by atoms with Crippen LogP contribution in [0, 0.1) is 0 Å². The third-order valence-electron chi connectivity index (χ3n) is 2.61. The molecule has 1 nitrogen and oxygen atoms in total. The quantitative estimate of drug-likeness (QED) is 0.636. The molecule has 0 aliphatic carbocycles. The molecule has 0 N–H and O–H groups in total. The molecule has 84 valence electrons. The van der Waals surface area contributed by atoms with E-state index in [0.29, 0.717) is 0 Å². The lowest BCUT2D eigenvalue weighted by atomic mass is 10.0. The summed E-state index contributed by atoms with van der Waals surface area (Å²) in [4.78, 5) is 4.14. The lowest BCUT2D eigenvalue weighted by molar-refractivity contribution is 0.905. The van der Waals surface area contributed by atoms with Crippen LogP contribution in [-0.4, -0.2) is 6.72 Å². The van der Waals surface area contributed by atoms with E-state index in [2.05, 4.69) is 44.3 Å². The Morgan fingerprint density at radius 2 is 1.94 bits per heavy atom. The van der Waals surface area contributed by atoms with Crippen LogP contribution in [0.2, 0.25) is 0 Å². The van der Waals surface area contributed by atoms with Gasteiger partial charge in [-0.05, 0) is 31.2 Å². The first-order valence-corrected chi connectivity index (χ1v) is 5.62. The fourth-order valence-corrected chi connectivity index (χ4v) is 1.74. The van der Waals surface area contributed by atoms with E-state index < -0.39 is 0 Å². The third-order valence-corrected chi connectivity index (χ3v) is 2.61. The molecule has 0 aliphatic rings. The van der Waals surface area contributed by atoms with Crippen LogP contribution < -0.4 is 0 Å². The molecule has 1 aromatic carbocycles. The predicted octanol–water partition coefficient (Wildman–Crippen LogP) is 4.56. The molecule has 0 aromatic heterocycles. The molecule has 0 bridgehead atoms. The average Bonchev–Trinajstić information content (AvgIpc) is 2.31. The van der Waals surface area contributed by atoms with Crippen molar-refractivity contribution in [3.8, 4) is 0 Å². The van der Waals surface area contributed by atoms with Gasteiger partial charge in [-0.25, -0.2) is 0 Å². The lowest BCUT2D eigenvalue weighted by Crippen LogP contribution is -1.87. The number of hydrogen-bond donors (Lipinski definition) is 0. The summed E-state index contributed by atoms with van der Waals surface area (Å²) in [5.74, 6) is 0. The maximum Gasteiger partial charge on any atom is 0.0683 e. The Balaban J connectivity index is 3.08. The Kier molecular flexibility index (Phi) is 4.71. The number of nitrogens with zero attached hydrogens (tertiary/aromatic N) is 1. The highest BCUT2D eigenvalue weighted by molar-refractivity contribution is 5.71. The van der Waals surface area contributed by atoms with Gasteiger partial charge in [0.05, 0.1) is 5.70 Å². The maximum atomic E-state index is 4.14. The summed E-state index contributed by atoms with van der Waals surface area (Å²) in [7, 11) is 0. The van der Waals surface area contributed by atoms with Gasteiger partial charge in [-0.3, -0.25) is 4.99 Å². The Morgan fingerprint density at radius 1 is 1.31 bits per heavy atom. The van der Waals surface area contributed by atoms with Crippen molar-refractivity contribution in [1.82, 2.24) is 0 Å². The highest BCUT2D eigenvalue weighted by Gasteiger charge is 2.03. The minimum absolute atomic E-state index is 1.01. The van der Waals surface area contributed by atoms with Gasteiger partial charge in [0, 0.05) is 5.56 Å². The largest absolute Gasteiger partial charge is 0.264 e. The Bertz CT molecular complexity index is 396. The molecule has 0 heterocycles. The van der Waals surface area contributed by atoms with E-state index in [4.69, 9.17) is 0 Å². The van der Waals surface area contributed by atoms with E-state index in [1.54, 1.807) is 0 Å². The van der Waals surface area contributed by atoms with Gasteiger partial charge in [0.2, 0.25) is 0 Å². The monoisotopic (exact) mass is 213 g/mol. The molecule has 1 rings (SSSR count). The minimum atomic E-state index is 1.01. The van der Waals surface area contributed by atoms with Crippen LogP contribution in [0.25, 0.3) is 11.8 Å². The summed E-state index contributed by atoms with van der Waals surface area (Å²) >= 11 is 0. The van der Waals surface area contributed by atoms with E-state index in [-0.39, 0.29) is 0 Å². The van der Waals surface area contributed by atoms with Gasteiger partial charge in [-0.15, -0.1) is 0 Å². The van der Waals surface area contributed by atoms with Crippen molar-refractivity contribution >= 4 is 18.5 Å². The van der Waals surface area contributed by atoms with Crippen molar-refractivity contribution in [3.05, 3.63) is 47.5 Å². The Labute approximate surface area is 98.2 Å². The van der Waals surface area contributed by atoms with E-state index in [9.17, 15) is 0 Å². The second-order valence-electron chi connectivity index (χ2n) is 3.86. The smallest absolute Gasteiger partial charge is 0.0683 e. The van der Waals surface area contributed by atoms with Crippen LogP contribution in [0.3, 0.4) is 0 Å². The molecular weight excluding hydrogens is 194 g/mol. The lowest BCUT2D eigenvalue weighted by Gasteiger charge is -2.07. The van der Waals surface area contributed by atoms with Crippen molar-refractivity contribution in [1.29, 1.82) is 0 Å². The summed E-state index contributed by atoms with van der Waals surface area (Å²) in [6.45, 7) is 11.7. The highest BCUT2D eigenvalue weighted by atomic mass is 14.7. The normalized spacial score (nSPS) is 11.9. The number of rotatable bonds is 5. The summed E-state index contributed by atoms with van der Waals surface area (Å²) in [6.07, 6.45) is 4.04. The molecule has 0 amide bonds. The van der Waals surface area contributed by atoms with E-state index in [0.717, 1.165) is 29.7 Å². The first-order valence-electron chi connectivity index (χ1n) is 5.62. The standard InChI is InChI=1S/C15H19N/c1-5-7-12(3)15(16-4)14-10-8-13(6-2)9-11-14/h6,8-11H,2,4-5,7H2,1,3H3/b15-12-. The van der Waals surface area contributed by atoms with Crippen LogP contribution in [0.15, 0.2) is 41.4 Å². The average molecular weight is 213 g/mol. The van der Waals surface area contributed by atoms with Crippen molar-refractivity contribution in [2.24, 2.45) is 4.99 Å². The van der Waals surface area contributed by atoms with Gasteiger partial charge < -0.3 is 0 Å². The Hall–Kier alpha value is -1.63. The van der Waals surface area contributed by atoms with Gasteiger partial charge in [0.15, 0.2) is 0 Å². The SMILES string of the molecule is C=Cc1ccc(/C(N=C)=C(\C)CCC)cc1. The molecule has 0 fully saturated rings. The summed E-state index contributed by atoms with van der Waals surface area (Å²) < 4.78 is 0. The Morgan fingerprint density at radius 3 is 2.38 bits per heavy atom. The fourth-order valence-electron chi connectivity index (χ4n) is 1.74. The number of allylic oxidation sites excluding steroid dienone is 1. The molecule has 0 radical (unpaired) electrons. The fraction of sp³-hybridized carbons (Fsp3) is 0.267.